The Morgan fingerprint density at radius 2 is 1.60 bits per heavy atom. The molecule has 0 radical (unpaired) electrons. The lowest BCUT2D eigenvalue weighted by atomic mass is 10.0. The van der Waals surface area contributed by atoms with Crippen LogP contribution in [0.3, 0.4) is 0 Å². The van der Waals surface area contributed by atoms with Crippen molar-refractivity contribution in [3.8, 4) is 11.1 Å². The molecule has 0 aliphatic rings. The van der Waals surface area contributed by atoms with E-state index in [1.165, 1.54) is 5.56 Å². The van der Waals surface area contributed by atoms with Crippen LogP contribution < -0.4 is 5.56 Å². The van der Waals surface area contributed by atoms with Gasteiger partial charge in [0.2, 0.25) is 0 Å². The van der Waals surface area contributed by atoms with Crippen molar-refractivity contribution in [3.05, 3.63) is 100 Å². The molecule has 4 heteroatoms. The first kappa shape index (κ1) is 15.6. The van der Waals surface area contributed by atoms with Crippen LogP contribution in [-0.4, -0.2) is 9.55 Å². The summed E-state index contributed by atoms with van der Waals surface area (Å²) in [4.78, 5) is 17.0. The maximum Gasteiger partial charge on any atom is 0.261 e. The highest BCUT2D eigenvalue weighted by molar-refractivity contribution is 6.31. The zero-order valence-electron chi connectivity index (χ0n) is 13.4. The number of halogens is 1. The predicted molar refractivity (Wildman–Crippen MR) is 102 cm³/mol. The summed E-state index contributed by atoms with van der Waals surface area (Å²) in [7, 11) is 0. The van der Waals surface area contributed by atoms with Crippen LogP contribution in [-0.2, 0) is 6.54 Å². The fraction of sp³-hybridized carbons (Fsp3) is 0.0476. The molecule has 0 N–H and O–H groups in total. The van der Waals surface area contributed by atoms with Crippen LogP contribution >= 0.6 is 11.6 Å². The number of hydrogen-bond donors (Lipinski definition) is 0. The van der Waals surface area contributed by atoms with Crippen LogP contribution in [0, 0.1) is 0 Å². The molecule has 0 spiro atoms. The topological polar surface area (TPSA) is 34.9 Å². The molecule has 4 rings (SSSR count). The Kier molecular flexibility index (Phi) is 4.08. The molecule has 0 unspecified atom stereocenters. The minimum atomic E-state index is -0.0837. The van der Waals surface area contributed by atoms with Crippen LogP contribution in [0.4, 0.5) is 0 Å². The Morgan fingerprint density at radius 3 is 2.36 bits per heavy atom. The van der Waals surface area contributed by atoms with E-state index < -0.39 is 0 Å². The van der Waals surface area contributed by atoms with E-state index in [-0.39, 0.29) is 5.56 Å². The molecule has 4 aromatic rings. The van der Waals surface area contributed by atoms with Gasteiger partial charge in [-0.15, -0.1) is 0 Å². The van der Waals surface area contributed by atoms with Gasteiger partial charge >= 0.3 is 0 Å². The summed E-state index contributed by atoms with van der Waals surface area (Å²) in [6, 6.07) is 23.6. The molecule has 0 aliphatic carbocycles. The van der Waals surface area contributed by atoms with Crippen molar-refractivity contribution in [1.82, 2.24) is 9.55 Å². The van der Waals surface area contributed by atoms with Gasteiger partial charge in [0.15, 0.2) is 0 Å². The van der Waals surface area contributed by atoms with Crippen molar-refractivity contribution in [1.29, 1.82) is 0 Å². The number of fused-ring (bicyclic) bond motifs is 1. The maximum absolute atomic E-state index is 12.6. The quantitative estimate of drug-likeness (QED) is 0.536. The Bertz CT molecular complexity index is 1090. The van der Waals surface area contributed by atoms with Crippen molar-refractivity contribution in [3.63, 3.8) is 0 Å². The smallest absolute Gasteiger partial charge is 0.261 e. The highest BCUT2D eigenvalue weighted by Crippen LogP contribution is 2.19. The third-order valence-corrected chi connectivity index (χ3v) is 4.44. The second-order valence-electron chi connectivity index (χ2n) is 5.90. The molecule has 0 bridgehead atoms. The SMILES string of the molecule is O=c1c2cc(Cl)ccc2ncn1Cc1ccc(-c2ccccc2)cc1. The summed E-state index contributed by atoms with van der Waals surface area (Å²) in [5.74, 6) is 0. The fourth-order valence-electron chi connectivity index (χ4n) is 2.87. The lowest BCUT2D eigenvalue weighted by Gasteiger charge is -2.08. The van der Waals surface area contributed by atoms with Crippen LogP contribution in [0.1, 0.15) is 5.56 Å². The van der Waals surface area contributed by atoms with Crippen molar-refractivity contribution < 1.29 is 0 Å². The van der Waals surface area contributed by atoms with Gasteiger partial charge in [-0.25, -0.2) is 4.98 Å². The average molecular weight is 347 g/mol. The fourth-order valence-corrected chi connectivity index (χ4v) is 3.05. The molecular weight excluding hydrogens is 332 g/mol. The van der Waals surface area contributed by atoms with Crippen LogP contribution in [0.15, 0.2) is 83.9 Å². The Hall–Kier alpha value is -2.91. The van der Waals surface area contributed by atoms with E-state index in [4.69, 9.17) is 11.6 Å². The van der Waals surface area contributed by atoms with Crippen LogP contribution in [0.5, 0.6) is 0 Å². The summed E-state index contributed by atoms with van der Waals surface area (Å²) >= 11 is 6.00. The molecule has 1 aromatic heterocycles. The highest BCUT2D eigenvalue weighted by Gasteiger charge is 2.06. The van der Waals surface area contributed by atoms with Gasteiger partial charge in [0.05, 0.1) is 23.8 Å². The Balaban J connectivity index is 1.65. The number of aromatic nitrogens is 2. The molecule has 0 aliphatic heterocycles. The van der Waals surface area contributed by atoms with Gasteiger partial charge in [-0.05, 0) is 34.9 Å². The molecule has 0 amide bonds. The van der Waals surface area contributed by atoms with Gasteiger partial charge in [0.1, 0.15) is 0 Å². The molecule has 0 atom stereocenters. The standard InChI is InChI=1S/C21H15ClN2O/c22-18-10-11-20-19(12-18)21(25)24(14-23-20)13-15-6-8-17(9-7-15)16-4-2-1-3-5-16/h1-12,14H,13H2. The molecule has 3 nitrogen and oxygen atoms in total. The summed E-state index contributed by atoms with van der Waals surface area (Å²) in [5.41, 5.74) is 3.95. The first-order chi connectivity index (χ1) is 12.2. The largest absolute Gasteiger partial charge is 0.294 e. The zero-order chi connectivity index (χ0) is 17.2. The van der Waals surface area contributed by atoms with E-state index in [0.717, 1.165) is 11.1 Å². The van der Waals surface area contributed by atoms with Crippen LogP contribution in [0.2, 0.25) is 5.02 Å². The second kappa shape index (κ2) is 6.54. The van der Waals surface area contributed by atoms with E-state index in [2.05, 4.69) is 29.2 Å². The third-order valence-electron chi connectivity index (χ3n) is 4.20. The third kappa shape index (κ3) is 3.19. The maximum atomic E-state index is 12.6. The molecule has 1 heterocycles. The molecule has 122 valence electrons. The molecule has 0 saturated carbocycles. The van der Waals surface area contributed by atoms with Crippen molar-refractivity contribution in [2.75, 3.05) is 0 Å². The van der Waals surface area contributed by atoms with E-state index in [0.29, 0.717) is 22.5 Å². The summed E-state index contributed by atoms with van der Waals surface area (Å²) < 4.78 is 1.61. The van der Waals surface area contributed by atoms with Gasteiger partial charge < -0.3 is 0 Å². The molecule has 0 saturated heterocycles. The summed E-state index contributed by atoms with van der Waals surface area (Å²) in [5, 5.41) is 1.08. The molecule has 25 heavy (non-hydrogen) atoms. The lowest BCUT2D eigenvalue weighted by Crippen LogP contribution is -2.21. The molecule has 0 fully saturated rings. The number of benzene rings is 3. The van der Waals surface area contributed by atoms with Gasteiger partial charge in [0.25, 0.3) is 5.56 Å². The Morgan fingerprint density at radius 1 is 0.880 bits per heavy atom. The number of nitrogens with zero attached hydrogens (tertiary/aromatic N) is 2. The molecule has 3 aromatic carbocycles. The zero-order valence-corrected chi connectivity index (χ0v) is 14.1. The van der Waals surface area contributed by atoms with Gasteiger partial charge in [-0.2, -0.15) is 0 Å². The van der Waals surface area contributed by atoms with Crippen molar-refractivity contribution >= 4 is 22.5 Å². The van der Waals surface area contributed by atoms with Gasteiger partial charge in [-0.3, -0.25) is 9.36 Å². The van der Waals surface area contributed by atoms with Crippen molar-refractivity contribution in [2.45, 2.75) is 6.54 Å². The van der Waals surface area contributed by atoms with Crippen LogP contribution in [0.25, 0.3) is 22.0 Å². The van der Waals surface area contributed by atoms with E-state index in [1.807, 2.05) is 30.3 Å². The number of rotatable bonds is 3. The minimum absolute atomic E-state index is 0.0837. The van der Waals surface area contributed by atoms with Gasteiger partial charge in [-0.1, -0.05) is 66.2 Å². The number of hydrogen-bond acceptors (Lipinski definition) is 2. The van der Waals surface area contributed by atoms with E-state index in [9.17, 15) is 4.79 Å². The second-order valence-corrected chi connectivity index (χ2v) is 6.34. The first-order valence-electron chi connectivity index (χ1n) is 8.00. The van der Waals surface area contributed by atoms with Crippen molar-refractivity contribution in [2.24, 2.45) is 0 Å². The summed E-state index contributed by atoms with van der Waals surface area (Å²) in [6.07, 6.45) is 1.59. The van der Waals surface area contributed by atoms with E-state index in [1.54, 1.807) is 29.1 Å². The summed E-state index contributed by atoms with van der Waals surface area (Å²) in [6.45, 7) is 0.476. The van der Waals surface area contributed by atoms with Gasteiger partial charge in [0, 0.05) is 5.02 Å². The predicted octanol–water partition coefficient (Wildman–Crippen LogP) is 4.77. The first-order valence-corrected chi connectivity index (χ1v) is 8.37. The normalized spacial score (nSPS) is 10.9. The average Bonchev–Trinajstić information content (AvgIpc) is 2.66. The monoisotopic (exact) mass is 346 g/mol. The highest BCUT2D eigenvalue weighted by atomic mass is 35.5. The van der Waals surface area contributed by atoms with E-state index >= 15 is 0 Å². The molecular formula is C21H15ClN2O. The Labute approximate surface area is 150 Å². The minimum Gasteiger partial charge on any atom is -0.294 e. The lowest BCUT2D eigenvalue weighted by molar-refractivity contribution is 0.748.